The van der Waals surface area contributed by atoms with Gasteiger partial charge < -0.3 is 10.1 Å². The SMILES string of the molecule is CC[C@@H]1CN(Cc2nc(C(c3ccc4c(nnn4CC)c3C)C(C)(C)C(=O)Nc3cccnc3)sc2C)S(=O)(=O)c2cccnc2O1. The predicted molar refractivity (Wildman–Crippen MR) is 180 cm³/mol. The van der Waals surface area contributed by atoms with E-state index in [4.69, 9.17) is 9.72 Å². The Bertz CT molecular complexity index is 2040. The van der Waals surface area contributed by atoms with Crippen molar-refractivity contribution in [3.8, 4) is 5.88 Å². The minimum absolute atomic E-state index is 0.0409. The quantitative estimate of drug-likeness (QED) is 0.215. The first-order chi connectivity index (χ1) is 22.4. The summed E-state index contributed by atoms with van der Waals surface area (Å²) >= 11 is 1.47. The van der Waals surface area contributed by atoms with Gasteiger partial charge in [0, 0.05) is 23.8 Å². The molecule has 0 fully saturated rings. The van der Waals surface area contributed by atoms with Gasteiger partial charge in [0.1, 0.15) is 21.5 Å². The molecular weight excluding hydrogens is 637 g/mol. The first kappa shape index (κ1) is 32.7. The second-order valence-corrected chi connectivity index (χ2v) is 15.4. The molecular formula is C33H38N8O4S2. The van der Waals surface area contributed by atoms with Crippen LogP contribution in [0.1, 0.15) is 66.7 Å². The number of aromatic nitrogens is 6. The number of fused-ring (bicyclic) bond motifs is 2. The number of nitrogens with one attached hydrogen (secondary N) is 1. The second kappa shape index (κ2) is 12.7. The van der Waals surface area contributed by atoms with Crippen LogP contribution in [0, 0.1) is 19.3 Å². The third kappa shape index (κ3) is 6.01. The molecule has 1 aliphatic rings. The Hall–Kier alpha value is -4.27. The molecule has 5 heterocycles. The molecule has 0 aliphatic carbocycles. The average molecular weight is 675 g/mol. The van der Waals surface area contributed by atoms with Gasteiger partial charge in [-0.1, -0.05) is 32.1 Å². The van der Waals surface area contributed by atoms with Crippen molar-refractivity contribution >= 4 is 44.0 Å². The molecule has 6 rings (SSSR count). The number of pyridine rings is 2. The molecule has 1 amide bonds. The highest BCUT2D eigenvalue weighted by Crippen LogP contribution is 2.46. The maximum atomic E-state index is 14.1. The van der Waals surface area contributed by atoms with Crippen LogP contribution < -0.4 is 10.1 Å². The molecule has 1 aliphatic heterocycles. The molecule has 5 aromatic rings. The summed E-state index contributed by atoms with van der Waals surface area (Å²) < 4.78 is 37.1. The summed E-state index contributed by atoms with van der Waals surface area (Å²) in [5.41, 5.74) is 3.69. The lowest BCUT2D eigenvalue weighted by Gasteiger charge is -2.33. The van der Waals surface area contributed by atoms with Gasteiger partial charge in [-0.05, 0) is 68.7 Å². The van der Waals surface area contributed by atoms with Crippen LogP contribution in [0.2, 0.25) is 0 Å². The van der Waals surface area contributed by atoms with Gasteiger partial charge in [-0.3, -0.25) is 9.78 Å². The number of hydrogen-bond acceptors (Lipinski definition) is 10. The van der Waals surface area contributed by atoms with E-state index in [9.17, 15) is 13.2 Å². The number of aryl methyl sites for hydroxylation is 3. The van der Waals surface area contributed by atoms with E-state index < -0.39 is 21.4 Å². The summed E-state index contributed by atoms with van der Waals surface area (Å²) in [5, 5.41) is 12.5. The number of sulfonamides is 1. The largest absolute Gasteiger partial charge is 0.472 e. The second-order valence-electron chi connectivity index (χ2n) is 12.2. The fraction of sp³-hybridized carbons (Fsp3) is 0.394. The Morgan fingerprint density at radius 1 is 1.15 bits per heavy atom. The molecule has 1 aromatic carbocycles. The maximum Gasteiger partial charge on any atom is 0.248 e. The first-order valence-corrected chi connectivity index (χ1v) is 17.8. The maximum absolute atomic E-state index is 14.1. The Labute approximate surface area is 278 Å². The van der Waals surface area contributed by atoms with E-state index in [1.807, 2.05) is 58.4 Å². The molecule has 47 heavy (non-hydrogen) atoms. The van der Waals surface area contributed by atoms with Crippen molar-refractivity contribution in [3.63, 3.8) is 0 Å². The molecule has 1 N–H and O–H groups in total. The lowest BCUT2D eigenvalue weighted by molar-refractivity contribution is -0.124. The molecule has 1 unspecified atom stereocenters. The van der Waals surface area contributed by atoms with Crippen LogP contribution in [0.5, 0.6) is 5.88 Å². The number of rotatable bonds is 9. The highest BCUT2D eigenvalue weighted by atomic mass is 32.2. The van der Waals surface area contributed by atoms with Crippen LogP contribution >= 0.6 is 11.3 Å². The zero-order valence-corrected chi connectivity index (χ0v) is 28.9. The highest BCUT2D eigenvalue weighted by molar-refractivity contribution is 7.89. The molecule has 0 radical (unpaired) electrons. The lowest BCUT2D eigenvalue weighted by Crippen LogP contribution is -2.37. The van der Waals surface area contributed by atoms with Crippen LogP contribution in [0.4, 0.5) is 5.69 Å². The smallest absolute Gasteiger partial charge is 0.248 e. The fourth-order valence-corrected chi connectivity index (χ4v) is 8.73. The summed E-state index contributed by atoms with van der Waals surface area (Å²) in [6.45, 7) is 12.6. The number of hydrogen-bond donors (Lipinski definition) is 1. The molecule has 0 bridgehead atoms. The van der Waals surface area contributed by atoms with Gasteiger partial charge in [-0.2, -0.15) is 4.31 Å². The van der Waals surface area contributed by atoms with Crippen molar-refractivity contribution in [2.75, 3.05) is 11.9 Å². The minimum Gasteiger partial charge on any atom is -0.472 e. The van der Waals surface area contributed by atoms with Gasteiger partial charge in [0.15, 0.2) is 0 Å². The summed E-state index contributed by atoms with van der Waals surface area (Å²) in [5.74, 6) is -0.584. The van der Waals surface area contributed by atoms with E-state index in [1.54, 1.807) is 30.6 Å². The Morgan fingerprint density at radius 3 is 2.66 bits per heavy atom. The number of thiazole rings is 1. The fourth-order valence-electron chi connectivity index (χ4n) is 5.99. The number of amides is 1. The van der Waals surface area contributed by atoms with E-state index in [0.29, 0.717) is 29.4 Å². The average Bonchev–Trinajstić information content (AvgIpc) is 3.62. The first-order valence-electron chi connectivity index (χ1n) is 15.6. The van der Waals surface area contributed by atoms with Crippen molar-refractivity contribution < 1.29 is 17.9 Å². The van der Waals surface area contributed by atoms with Crippen molar-refractivity contribution in [2.24, 2.45) is 5.41 Å². The number of carbonyl (C=O) groups excluding carboxylic acids is 1. The monoisotopic (exact) mass is 674 g/mol. The highest BCUT2D eigenvalue weighted by Gasteiger charge is 2.43. The Kier molecular flexibility index (Phi) is 8.85. The summed E-state index contributed by atoms with van der Waals surface area (Å²) in [6.07, 6.45) is 5.03. The summed E-state index contributed by atoms with van der Waals surface area (Å²) in [7, 11) is -3.93. The van der Waals surface area contributed by atoms with Crippen LogP contribution in [0.15, 0.2) is 59.9 Å². The van der Waals surface area contributed by atoms with Crippen molar-refractivity contribution in [1.82, 2.24) is 34.3 Å². The molecule has 4 aromatic heterocycles. The summed E-state index contributed by atoms with van der Waals surface area (Å²) in [6, 6.07) is 10.7. The van der Waals surface area contributed by atoms with Gasteiger partial charge >= 0.3 is 0 Å². The zero-order valence-electron chi connectivity index (χ0n) is 27.3. The summed E-state index contributed by atoms with van der Waals surface area (Å²) in [4.78, 5) is 28.4. The topological polar surface area (TPSA) is 145 Å². The predicted octanol–water partition coefficient (Wildman–Crippen LogP) is 5.47. The zero-order chi connectivity index (χ0) is 33.5. The van der Waals surface area contributed by atoms with Crippen molar-refractivity contribution in [3.05, 3.63) is 81.7 Å². The van der Waals surface area contributed by atoms with Crippen LogP contribution in [-0.4, -0.2) is 61.2 Å². The van der Waals surface area contributed by atoms with E-state index in [0.717, 1.165) is 27.0 Å². The van der Waals surface area contributed by atoms with Gasteiger partial charge in [0.05, 0.1) is 47.5 Å². The van der Waals surface area contributed by atoms with Crippen LogP contribution in [-0.2, 0) is 27.9 Å². The van der Waals surface area contributed by atoms with Gasteiger partial charge in [0.25, 0.3) is 0 Å². The van der Waals surface area contributed by atoms with Gasteiger partial charge in [0.2, 0.25) is 21.8 Å². The number of benzene rings is 1. The molecule has 0 spiro atoms. The third-order valence-electron chi connectivity index (χ3n) is 8.80. The Balaban J connectivity index is 1.43. The van der Waals surface area contributed by atoms with Gasteiger partial charge in [-0.25, -0.2) is 23.1 Å². The lowest BCUT2D eigenvalue weighted by atomic mass is 9.73. The van der Waals surface area contributed by atoms with Crippen LogP contribution in [0.25, 0.3) is 11.0 Å². The molecule has 0 saturated heterocycles. The number of anilines is 1. The van der Waals surface area contributed by atoms with Gasteiger partial charge in [-0.15, -0.1) is 16.4 Å². The van der Waals surface area contributed by atoms with E-state index in [-0.39, 0.29) is 35.9 Å². The molecule has 14 heteroatoms. The molecule has 12 nitrogen and oxygen atoms in total. The number of carbonyl (C=O) groups is 1. The minimum atomic E-state index is -3.93. The number of nitrogens with zero attached hydrogens (tertiary/aromatic N) is 7. The van der Waals surface area contributed by atoms with Crippen LogP contribution in [0.3, 0.4) is 0 Å². The molecule has 2 atom stereocenters. The number of ether oxygens (including phenoxy) is 1. The van der Waals surface area contributed by atoms with Crippen molar-refractivity contribution in [2.45, 2.75) is 78.0 Å². The molecule has 0 saturated carbocycles. The normalized spacial score (nSPS) is 17.1. The Morgan fingerprint density at radius 2 is 1.94 bits per heavy atom. The van der Waals surface area contributed by atoms with Crippen molar-refractivity contribution in [1.29, 1.82) is 0 Å². The van der Waals surface area contributed by atoms with E-state index in [1.165, 1.54) is 27.9 Å². The van der Waals surface area contributed by atoms with E-state index in [2.05, 4.69) is 25.6 Å². The third-order valence-corrected chi connectivity index (χ3v) is 11.7. The molecule has 246 valence electrons. The standard InChI is InChI=1S/C33H38N8O4S2/c1-7-23-18-40(47(43,44)27-12-10-16-35-30(27)45-23)19-25-21(4)46-31(37-25)28(33(5,6)32(42)36-22-11-9-15-34-17-22)24-13-14-26-29(20(24)3)38-39-41(26)8-2/h9-17,23,28H,7-8,18-19H2,1-6H3,(H,36,42)/t23-,28?/m1/s1. The van der Waals surface area contributed by atoms with E-state index >= 15 is 0 Å².